The van der Waals surface area contributed by atoms with Crippen LogP contribution in [-0.4, -0.2) is 44.0 Å². The summed E-state index contributed by atoms with van der Waals surface area (Å²) in [6.07, 6.45) is -4.82. The van der Waals surface area contributed by atoms with E-state index in [1.165, 1.54) is 0 Å². The number of carbonyl (C=O) groups excluding carboxylic acids is 1. The molecule has 1 fully saturated rings. The number of alkyl halides is 3. The molecule has 0 unspecified atom stereocenters. The van der Waals surface area contributed by atoms with Crippen LogP contribution in [0.2, 0.25) is 0 Å². The summed E-state index contributed by atoms with van der Waals surface area (Å²) >= 11 is 2.87. The summed E-state index contributed by atoms with van der Waals surface area (Å²) in [5.74, 6) is -2.89. The van der Waals surface area contributed by atoms with Crippen molar-refractivity contribution in [2.24, 2.45) is 5.92 Å². The topological polar surface area (TPSA) is 54.5 Å². The average Bonchev–Trinajstić information content (AvgIpc) is 2.49. The van der Waals surface area contributed by atoms with E-state index in [0.717, 1.165) is 25.2 Å². The van der Waals surface area contributed by atoms with E-state index in [2.05, 4.69) is 15.9 Å². The van der Waals surface area contributed by atoms with Crippen LogP contribution >= 0.6 is 15.9 Å². The van der Waals surface area contributed by atoms with Gasteiger partial charge in [-0.25, -0.2) is 12.8 Å². The highest BCUT2D eigenvalue weighted by atomic mass is 79.9. The van der Waals surface area contributed by atoms with Crippen LogP contribution in [0.15, 0.2) is 22.7 Å². The van der Waals surface area contributed by atoms with E-state index in [4.69, 9.17) is 0 Å². The van der Waals surface area contributed by atoms with Crippen molar-refractivity contribution in [3.05, 3.63) is 34.1 Å². The Hall–Kier alpha value is -1.16. The molecule has 0 spiro atoms. The molecule has 0 aliphatic carbocycles. The van der Waals surface area contributed by atoms with Crippen LogP contribution in [0.4, 0.5) is 17.6 Å². The fraction of sp³-hybridized carbons (Fsp3) is 0.533. The first-order valence-electron chi connectivity index (χ1n) is 7.41. The highest BCUT2D eigenvalue weighted by molar-refractivity contribution is 9.10. The molecule has 0 aromatic heterocycles. The minimum atomic E-state index is -4.80. The van der Waals surface area contributed by atoms with Gasteiger partial charge in [0.1, 0.15) is 15.7 Å². The van der Waals surface area contributed by atoms with E-state index < -0.39 is 45.3 Å². The number of benzene rings is 1. The molecule has 1 aromatic rings. The molecular formula is C15H16BrF4NO3S. The largest absolute Gasteiger partial charge is 0.413 e. The predicted octanol–water partition coefficient (Wildman–Crippen LogP) is 3.47. The Morgan fingerprint density at radius 1 is 1.28 bits per heavy atom. The van der Waals surface area contributed by atoms with E-state index in [9.17, 15) is 30.8 Å². The van der Waals surface area contributed by atoms with Gasteiger partial charge < -0.3 is 4.90 Å². The van der Waals surface area contributed by atoms with Gasteiger partial charge in [0.2, 0.25) is 5.91 Å². The Kier molecular flexibility index (Phi) is 5.82. The van der Waals surface area contributed by atoms with Crippen molar-refractivity contribution in [1.82, 2.24) is 4.90 Å². The molecule has 1 aliphatic rings. The Balaban J connectivity index is 2.28. The van der Waals surface area contributed by atoms with E-state index in [1.807, 2.05) is 0 Å². The standard InChI is InChI=1S/C15H16BrF4NO3S/c1-21(14(22)9-4-6-25(23,24)7-5-9)13(15(18,19)20)10-2-3-11(16)12(17)8-10/h2-3,8-9,13H,4-7H2,1H3/t13-/m0/s1. The van der Waals surface area contributed by atoms with E-state index >= 15 is 0 Å². The third-order valence-corrected chi connectivity index (χ3v) is 6.57. The number of rotatable bonds is 3. The molecule has 1 heterocycles. The normalized spacial score (nSPS) is 19.4. The van der Waals surface area contributed by atoms with Crippen molar-refractivity contribution in [3.8, 4) is 0 Å². The van der Waals surface area contributed by atoms with Crippen LogP contribution in [0.1, 0.15) is 24.4 Å². The Labute approximate surface area is 151 Å². The minimum Gasteiger partial charge on any atom is -0.330 e. The van der Waals surface area contributed by atoms with Crippen LogP contribution in [0.5, 0.6) is 0 Å². The average molecular weight is 446 g/mol. The van der Waals surface area contributed by atoms with Crippen molar-refractivity contribution >= 4 is 31.7 Å². The third-order valence-electron chi connectivity index (χ3n) is 4.21. The molecule has 140 valence electrons. The molecule has 1 aromatic carbocycles. The lowest BCUT2D eigenvalue weighted by Gasteiger charge is -2.34. The highest BCUT2D eigenvalue weighted by Gasteiger charge is 2.46. The molecule has 0 saturated carbocycles. The summed E-state index contributed by atoms with van der Waals surface area (Å²) in [7, 11) is -2.23. The molecule has 0 bridgehead atoms. The molecule has 1 amide bonds. The Morgan fingerprint density at radius 3 is 2.32 bits per heavy atom. The van der Waals surface area contributed by atoms with Crippen molar-refractivity contribution in [2.75, 3.05) is 18.6 Å². The zero-order valence-corrected chi connectivity index (χ0v) is 15.6. The number of amides is 1. The Bertz CT molecular complexity index is 753. The number of sulfone groups is 1. The fourth-order valence-corrected chi connectivity index (χ4v) is 4.60. The van der Waals surface area contributed by atoms with Crippen molar-refractivity contribution in [1.29, 1.82) is 0 Å². The van der Waals surface area contributed by atoms with Gasteiger partial charge in [-0.3, -0.25) is 4.79 Å². The van der Waals surface area contributed by atoms with Crippen molar-refractivity contribution < 1.29 is 30.8 Å². The summed E-state index contributed by atoms with van der Waals surface area (Å²) in [5.41, 5.74) is -0.396. The maximum Gasteiger partial charge on any atom is 0.413 e. The number of carbonyl (C=O) groups is 1. The molecule has 1 aliphatic heterocycles. The first kappa shape index (κ1) is 20.2. The third kappa shape index (κ3) is 4.72. The molecule has 0 radical (unpaired) electrons. The smallest absolute Gasteiger partial charge is 0.330 e. The second-order valence-electron chi connectivity index (χ2n) is 5.99. The van der Waals surface area contributed by atoms with Gasteiger partial charge >= 0.3 is 6.18 Å². The van der Waals surface area contributed by atoms with Gasteiger partial charge in [-0.2, -0.15) is 13.2 Å². The fourth-order valence-electron chi connectivity index (χ4n) is 2.87. The monoisotopic (exact) mass is 445 g/mol. The molecule has 1 atom stereocenters. The zero-order chi connectivity index (χ0) is 19.0. The molecule has 0 N–H and O–H groups in total. The Morgan fingerprint density at radius 2 is 1.84 bits per heavy atom. The number of hydrogen-bond donors (Lipinski definition) is 0. The lowest BCUT2D eigenvalue weighted by atomic mass is 9.98. The molecule has 4 nitrogen and oxygen atoms in total. The van der Waals surface area contributed by atoms with Gasteiger partial charge in [0.05, 0.1) is 16.0 Å². The van der Waals surface area contributed by atoms with Crippen LogP contribution in [0, 0.1) is 11.7 Å². The quantitative estimate of drug-likeness (QED) is 0.669. The molecular weight excluding hydrogens is 430 g/mol. The first-order chi connectivity index (χ1) is 11.4. The second kappa shape index (κ2) is 7.22. The number of nitrogens with zero attached hydrogens (tertiary/aromatic N) is 1. The summed E-state index contributed by atoms with van der Waals surface area (Å²) in [4.78, 5) is 13.0. The SMILES string of the molecule is CN(C(=O)C1CCS(=O)(=O)CC1)[C@@H](c1ccc(Br)c(F)c1)C(F)(F)F. The molecule has 1 saturated heterocycles. The summed E-state index contributed by atoms with van der Waals surface area (Å²) < 4.78 is 77.1. The number of hydrogen-bond acceptors (Lipinski definition) is 3. The number of halogens is 5. The van der Waals surface area contributed by atoms with Crippen LogP contribution in [0.3, 0.4) is 0 Å². The lowest BCUT2D eigenvalue weighted by Crippen LogP contribution is -2.44. The van der Waals surface area contributed by atoms with Crippen molar-refractivity contribution in [3.63, 3.8) is 0 Å². The van der Waals surface area contributed by atoms with Gasteiger partial charge in [0, 0.05) is 13.0 Å². The minimum absolute atomic E-state index is 0.00914. The summed E-state index contributed by atoms with van der Waals surface area (Å²) in [6, 6.07) is 0.674. The maximum atomic E-state index is 13.6. The highest BCUT2D eigenvalue weighted by Crippen LogP contribution is 2.39. The van der Waals surface area contributed by atoms with Gasteiger partial charge in [-0.05, 0) is 46.5 Å². The van der Waals surface area contributed by atoms with Crippen LogP contribution in [-0.2, 0) is 14.6 Å². The van der Waals surface area contributed by atoms with Crippen LogP contribution in [0.25, 0.3) is 0 Å². The first-order valence-corrected chi connectivity index (χ1v) is 10.0. The van der Waals surface area contributed by atoms with E-state index in [0.29, 0.717) is 4.90 Å². The summed E-state index contributed by atoms with van der Waals surface area (Å²) in [6.45, 7) is 0. The lowest BCUT2D eigenvalue weighted by molar-refractivity contribution is -0.190. The molecule has 25 heavy (non-hydrogen) atoms. The van der Waals surface area contributed by atoms with E-state index in [1.54, 1.807) is 0 Å². The van der Waals surface area contributed by atoms with Gasteiger partial charge in [0.15, 0.2) is 6.04 Å². The van der Waals surface area contributed by atoms with Crippen LogP contribution < -0.4 is 0 Å². The second-order valence-corrected chi connectivity index (χ2v) is 9.15. The van der Waals surface area contributed by atoms with Gasteiger partial charge in [-0.1, -0.05) is 6.07 Å². The van der Waals surface area contributed by atoms with E-state index in [-0.39, 0.29) is 28.8 Å². The summed E-state index contributed by atoms with van der Waals surface area (Å²) in [5, 5.41) is 0. The predicted molar refractivity (Wildman–Crippen MR) is 87.0 cm³/mol. The molecule has 10 heteroatoms. The molecule has 2 rings (SSSR count). The maximum absolute atomic E-state index is 13.6. The zero-order valence-electron chi connectivity index (χ0n) is 13.2. The van der Waals surface area contributed by atoms with Crippen molar-refractivity contribution in [2.45, 2.75) is 25.1 Å². The van der Waals surface area contributed by atoms with Gasteiger partial charge in [0.25, 0.3) is 0 Å². The van der Waals surface area contributed by atoms with Gasteiger partial charge in [-0.15, -0.1) is 0 Å².